The maximum absolute atomic E-state index is 2.83. The minimum Gasteiger partial charge on any atom is -0.296 e. The smallest absolute Gasteiger partial charge is 0.0336 e. The van der Waals surface area contributed by atoms with Gasteiger partial charge in [0.2, 0.25) is 0 Å². The third-order valence-corrected chi connectivity index (χ3v) is 7.87. The van der Waals surface area contributed by atoms with Crippen molar-refractivity contribution < 1.29 is 0 Å². The molecule has 0 N–H and O–H groups in total. The Morgan fingerprint density at radius 1 is 0.781 bits per heavy atom. The summed E-state index contributed by atoms with van der Waals surface area (Å²) in [7, 11) is 0. The number of benzene rings is 3. The average molecular weight is 581 g/mol. The summed E-state index contributed by atoms with van der Waals surface area (Å²) < 4.78 is 1.38. The molecule has 3 aromatic carbocycles. The van der Waals surface area contributed by atoms with Gasteiger partial charge in [0, 0.05) is 41.2 Å². The van der Waals surface area contributed by atoms with Crippen LogP contribution in [0.2, 0.25) is 0 Å². The number of rotatable bonds is 5. The van der Waals surface area contributed by atoms with E-state index in [2.05, 4.69) is 117 Å². The lowest BCUT2D eigenvalue weighted by molar-refractivity contribution is 0.0383. The molecule has 0 unspecified atom stereocenters. The fourth-order valence-corrected chi connectivity index (χ4v) is 6.04. The highest BCUT2D eigenvalue weighted by Gasteiger charge is 2.41. The second kappa shape index (κ2) is 11.8. The lowest BCUT2D eigenvalue weighted by atomic mass is 9.82. The molecule has 2 heterocycles. The van der Waals surface area contributed by atoms with Gasteiger partial charge in [-0.05, 0) is 64.7 Å². The zero-order chi connectivity index (χ0) is 20.3. The van der Waals surface area contributed by atoms with Gasteiger partial charge in [0.05, 0.1) is 0 Å². The zero-order valence-corrected chi connectivity index (χ0v) is 21.9. The van der Waals surface area contributed by atoms with Crippen LogP contribution < -0.4 is 0 Å². The topological polar surface area (TPSA) is 6.48 Å². The van der Waals surface area contributed by atoms with Gasteiger partial charge in [-0.25, -0.2) is 0 Å². The first-order chi connectivity index (χ1) is 14.8. The molecular formula is C27H31Cl2IN2. The minimum absolute atomic E-state index is 0. The molecule has 170 valence electrons. The largest absolute Gasteiger partial charge is 0.296 e. The molecule has 0 aromatic heterocycles. The molecular weight excluding hydrogens is 550 g/mol. The Balaban J connectivity index is 0.00000144. The molecule has 5 rings (SSSR count). The molecule has 2 atom stereocenters. The Hall–Kier alpha value is -1.11. The Bertz CT molecular complexity index is 930. The van der Waals surface area contributed by atoms with Crippen LogP contribution in [0.5, 0.6) is 0 Å². The monoisotopic (exact) mass is 580 g/mol. The van der Waals surface area contributed by atoms with Crippen molar-refractivity contribution in [2.24, 2.45) is 0 Å². The lowest BCUT2D eigenvalue weighted by Crippen LogP contribution is -2.57. The van der Waals surface area contributed by atoms with E-state index in [1.54, 1.807) is 0 Å². The Kier molecular flexibility index (Phi) is 9.44. The van der Waals surface area contributed by atoms with E-state index in [-0.39, 0.29) is 24.8 Å². The Labute approximate surface area is 218 Å². The molecule has 2 aliphatic heterocycles. The fourth-order valence-electron chi connectivity index (χ4n) is 5.48. The summed E-state index contributed by atoms with van der Waals surface area (Å²) >= 11 is 2.49. The van der Waals surface area contributed by atoms with Gasteiger partial charge in [-0.1, -0.05) is 78.9 Å². The van der Waals surface area contributed by atoms with Crippen LogP contribution in [-0.4, -0.2) is 41.5 Å². The van der Waals surface area contributed by atoms with Crippen molar-refractivity contribution in [2.45, 2.75) is 37.4 Å². The SMILES string of the molecule is Cl.Cl.Ic1ccccc1CN1C[C@@H]2CCCN2[C@H](C(c2ccccc2)c2ccccc2)C1. The van der Waals surface area contributed by atoms with Gasteiger partial charge in [-0.3, -0.25) is 9.80 Å². The van der Waals surface area contributed by atoms with Gasteiger partial charge in [0.25, 0.3) is 0 Å². The molecule has 3 aromatic rings. The molecule has 2 nitrogen and oxygen atoms in total. The number of piperazine rings is 1. The van der Waals surface area contributed by atoms with E-state index in [4.69, 9.17) is 0 Å². The summed E-state index contributed by atoms with van der Waals surface area (Å²) in [4.78, 5) is 5.55. The molecule has 32 heavy (non-hydrogen) atoms. The second-order valence-corrected chi connectivity index (χ2v) is 9.85. The molecule has 0 bridgehead atoms. The quantitative estimate of drug-likeness (QED) is 0.313. The van der Waals surface area contributed by atoms with Gasteiger partial charge in [-0.15, -0.1) is 24.8 Å². The van der Waals surface area contributed by atoms with Crippen LogP contribution >= 0.6 is 47.4 Å². The third-order valence-electron chi connectivity index (χ3n) is 6.82. The third kappa shape index (κ3) is 5.51. The van der Waals surface area contributed by atoms with E-state index in [0.717, 1.165) is 13.1 Å². The summed E-state index contributed by atoms with van der Waals surface area (Å²) in [6.07, 6.45) is 2.66. The van der Waals surface area contributed by atoms with E-state index in [9.17, 15) is 0 Å². The minimum atomic E-state index is 0. The van der Waals surface area contributed by atoms with Crippen LogP contribution in [0.4, 0.5) is 0 Å². The van der Waals surface area contributed by atoms with E-state index < -0.39 is 0 Å². The first-order valence-electron chi connectivity index (χ1n) is 11.1. The van der Waals surface area contributed by atoms with Crippen LogP contribution in [0.3, 0.4) is 0 Å². The van der Waals surface area contributed by atoms with Crippen LogP contribution in [0.1, 0.15) is 35.4 Å². The van der Waals surface area contributed by atoms with Crippen LogP contribution in [0, 0.1) is 3.57 Å². The van der Waals surface area contributed by atoms with Gasteiger partial charge in [0.15, 0.2) is 0 Å². The number of nitrogens with zero attached hydrogens (tertiary/aromatic N) is 2. The fraction of sp³-hybridized carbons (Fsp3) is 0.333. The molecule has 0 radical (unpaired) electrons. The first kappa shape index (κ1) is 25.5. The number of halogens is 3. The van der Waals surface area contributed by atoms with Crippen LogP contribution in [-0.2, 0) is 6.54 Å². The van der Waals surface area contributed by atoms with Gasteiger partial charge in [0.1, 0.15) is 0 Å². The normalized spacial score (nSPS) is 20.9. The van der Waals surface area contributed by atoms with Crippen molar-refractivity contribution in [1.29, 1.82) is 0 Å². The highest BCUT2D eigenvalue weighted by Crippen LogP contribution is 2.38. The summed E-state index contributed by atoms with van der Waals surface area (Å²) in [6, 6.07) is 32.4. The molecule has 2 aliphatic rings. The molecule has 5 heteroatoms. The summed E-state index contributed by atoms with van der Waals surface area (Å²) in [5.74, 6) is 0.408. The summed E-state index contributed by atoms with van der Waals surface area (Å²) in [6.45, 7) is 4.60. The summed E-state index contributed by atoms with van der Waals surface area (Å²) in [5.41, 5.74) is 4.34. The molecule has 0 amide bonds. The maximum atomic E-state index is 2.83. The predicted octanol–water partition coefficient (Wildman–Crippen LogP) is 6.62. The Morgan fingerprint density at radius 3 is 2.00 bits per heavy atom. The molecule has 0 saturated carbocycles. The van der Waals surface area contributed by atoms with Crippen molar-refractivity contribution in [3.05, 3.63) is 105 Å². The van der Waals surface area contributed by atoms with Crippen LogP contribution in [0.25, 0.3) is 0 Å². The summed E-state index contributed by atoms with van der Waals surface area (Å²) in [5, 5.41) is 0. The van der Waals surface area contributed by atoms with Crippen molar-refractivity contribution >= 4 is 47.4 Å². The van der Waals surface area contributed by atoms with Crippen molar-refractivity contribution in [3.63, 3.8) is 0 Å². The number of hydrogen-bond donors (Lipinski definition) is 0. The maximum Gasteiger partial charge on any atom is 0.0336 e. The molecule has 0 spiro atoms. The predicted molar refractivity (Wildman–Crippen MR) is 147 cm³/mol. The lowest BCUT2D eigenvalue weighted by Gasteiger charge is -2.47. The highest BCUT2D eigenvalue weighted by molar-refractivity contribution is 14.1. The van der Waals surface area contributed by atoms with Crippen LogP contribution in [0.15, 0.2) is 84.9 Å². The molecule has 2 saturated heterocycles. The van der Waals surface area contributed by atoms with Gasteiger partial charge in [-0.2, -0.15) is 0 Å². The van der Waals surface area contributed by atoms with E-state index in [0.29, 0.717) is 18.0 Å². The highest BCUT2D eigenvalue weighted by atomic mass is 127. The zero-order valence-electron chi connectivity index (χ0n) is 18.1. The number of fused-ring (bicyclic) bond motifs is 1. The van der Waals surface area contributed by atoms with Crippen molar-refractivity contribution in [2.75, 3.05) is 19.6 Å². The standard InChI is InChI=1S/C27H29IN2.2ClH/c28-25-16-8-7-14-23(25)18-29-19-24-15-9-17-30(24)26(20-29)27(21-10-3-1-4-11-21)22-12-5-2-6-13-22;;/h1-8,10-14,16,24,26-27H,9,15,17-20H2;2*1H/t24-,26-;;/m0../s1. The van der Waals surface area contributed by atoms with Crippen molar-refractivity contribution in [3.8, 4) is 0 Å². The molecule has 0 aliphatic carbocycles. The average Bonchev–Trinajstić information content (AvgIpc) is 3.26. The number of hydrogen-bond acceptors (Lipinski definition) is 2. The first-order valence-corrected chi connectivity index (χ1v) is 12.2. The Morgan fingerprint density at radius 2 is 1.38 bits per heavy atom. The second-order valence-electron chi connectivity index (χ2n) is 8.69. The van der Waals surface area contributed by atoms with Gasteiger partial charge >= 0.3 is 0 Å². The van der Waals surface area contributed by atoms with E-state index in [1.165, 1.54) is 46.2 Å². The van der Waals surface area contributed by atoms with Gasteiger partial charge < -0.3 is 0 Å². The molecule has 2 fully saturated rings. The van der Waals surface area contributed by atoms with Crippen molar-refractivity contribution in [1.82, 2.24) is 9.80 Å². The van der Waals surface area contributed by atoms with E-state index in [1.807, 2.05) is 0 Å². The van der Waals surface area contributed by atoms with E-state index >= 15 is 0 Å².